The third kappa shape index (κ3) is 5.54. The number of aromatic nitrogens is 2. The largest absolute Gasteiger partial charge is 0.369 e. The summed E-state index contributed by atoms with van der Waals surface area (Å²) in [5.74, 6) is 0.283. The van der Waals surface area contributed by atoms with Crippen LogP contribution in [-0.2, 0) is 28.4 Å². The lowest BCUT2D eigenvalue weighted by atomic mass is 10.1. The second-order valence-corrected chi connectivity index (χ2v) is 13.0. The molecule has 3 fully saturated rings. The average Bonchev–Trinajstić information content (AvgIpc) is 3.29. The van der Waals surface area contributed by atoms with Gasteiger partial charge >= 0.3 is 6.03 Å². The van der Waals surface area contributed by atoms with Crippen molar-refractivity contribution in [2.75, 3.05) is 55.6 Å². The zero-order valence-electron chi connectivity index (χ0n) is 23.2. The lowest BCUT2D eigenvalue weighted by Gasteiger charge is -2.36. The van der Waals surface area contributed by atoms with Crippen LogP contribution in [0.25, 0.3) is 10.9 Å². The number of nitrogens with two attached hydrogens (primary N) is 1. The summed E-state index contributed by atoms with van der Waals surface area (Å²) in [6.45, 7) is 5.29. The van der Waals surface area contributed by atoms with E-state index >= 15 is 0 Å². The first-order valence-electron chi connectivity index (χ1n) is 14.1. The minimum absolute atomic E-state index is 0.0748. The van der Waals surface area contributed by atoms with E-state index in [1.807, 2.05) is 31.3 Å². The Morgan fingerprint density at radius 1 is 0.976 bits per heavy atom. The molecule has 3 aliphatic heterocycles. The van der Waals surface area contributed by atoms with Crippen LogP contribution in [0.15, 0.2) is 47.4 Å². The van der Waals surface area contributed by atoms with Gasteiger partial charge in [-0.2, -0.15) is 9.40 Å². The number of carbonyl (C=O) groups excluding carboxylic acids is 2. The lowest BCUT2D eigenvalue weighted by molar-refractivity contribution is -0.120. The number of nitrogens with zero attached hydrogens (tertiary/aromatic N) is 6. The Morgan fingerprint density at radius 3 is 2.46 bits per heavy atom. The molecule has 13 heteroatoms. The molecule has 0 unspecified atom stereocenters. The van der Waals surface area contributed by atoms with Gasteiger partial charge in [-0.3, -0.25) is 24.6 Å². The third-order valence-electron chi connectivity index (χ3n) is 8.30. The molecule has 0 radical (unpaired) electrons. The van der Waals surface area contributed by atoms with E-state index in [0.717, 1.165) is 48.3 Å². The first kappa shape index (κ1) is 27.6. The molecule has 218 valence electrons. The van der Waals surface area contributed by atoms with Crippen LogP contribution < -0.4 is 20.9 Å². The number of amides is 3. The van der Waals surface area contributed by atoms with Crippen LogP contribution in [-0.4, -0.2) is 91.2 Å². The highest BCUT2D eigenvalue weighted by Crippen LogP contribution is 2.31. The van der Waals surface area contributed by atoms with Gasteiger partial charge in [0.15, 0.2) is 5.82 Å². The SMILES string of the molecule is Cn1nc(N2CCC(=O)NC2=O)c2ccc(N3CCN(Cc4cccc(S(=O)(=O)N5CCC(N)CC5)c4)CC3)cc21. The van der Waals surface area contributed by atoms with Crippen molar-refractivity contribution in [1.82, 2.24) is 24.3 Å². The maximum absolute atomic E-state index is 13.2. The summed E-state index contributed by atoms with van der Waals surface area (Å²) in [6, 6.07) is 13.1. The number of sulfonamides is 1. The van der Waals surface area contributed by atoms with Gasteiger partial charge in [-0.15, -0.1) is 0 Å². The summed E-state index contributed by atoms with van der Waals surface area (Å²) in [5.41, 5.74) is 8.95. The summed E-state index contributed by atoms with van der Waals surface area (Å²) in [7, 11) is -1.67. The van der Waals surface area contributed by atoms with E-state index in [-0.39, 0.29) is 18.4 Å². The minimum Gasteiger partial charge on any atom is -0.369 e. The molecule has 4 heterocycles. The number of benzene rings is 2. The minimum atomic E-state index is -3.52. The van der Waals surface area contributed by atoms with Gasteiger partial charge < -0.3 is 10.6 Å². The van der Waals surface area contributed by atoms with E-state index < -0.39 is 16.1 Å². The molecule has 3 aromatic rings. The molecule has 0 spiro atoms. The van der Waals surface area contributed by atoms with Crippen LogP contribution in [0.1, 0.15) is 24.8 Å². The Hall–Kier alpha value is -3.52. The molecule has 3 amide bonds. The Labute approximate surface area is 239 Å². The second kappa shape index (κ2) is 11.0. The summed E-state index contributed by atoms with van der Waals surface area (Å²) in [6.07, 6.45) is 1.63. The van der Waals surface area contributed by atoms with Crippen molar-refractivity contribution in [2.24, 2.45) is 12.8 Å². The predicted molar refractivity (Wildman–Crippen MR) is 156 cm³/mol. The molecular formula is C28H36N8O4S. The van der Waals surface area contributed by atoms with Crippen molar-refractivity contribution in [3.8, 4) is 0 Å². The van der Waals surface area contributed by atoms with Crippen molar-refractivity contribution in [3.63, 3.8) is 0 Å². The van der Waals surface area contributed by atoms with Crippen LogP contribution >= 0.6 is 0 Å². The van der Waals surface area contributed by atoms with Crippen LogP contribution in [0.5, 0.6) is 0 Å². The van der Waals surface area contributed by atoms with Crippen molar-refractivity contribution >= 4 is 44.4 Å². The predicted octanol–water partition coefficient (Wildman–Crippen LogP) is 1.45. The molecule has 0 atom stereocenters. The van der Waals surface area contributed by atoms with E-state index in [9.17, 15) is 18.0 Å². The Bertz CT molecular complexity index is 1570. The van der Waals surface area contributed by atoms with Crippen molar-refractivity contribution in [2.45, 2.75) is 36.7 Å². The maximum Gasteiger partial charge on any atom is 0.329 e. The highest BCUT2D eigenvalue weighted by Gasteiger charge is 2.30. The normalized spacial score (nSPS) is 20.1. The van der Waals surface area contributed by atoms with E-state index in [1.165, 1.54) is 4.90 Å². The van der Waals surface area contributed by atoms with Crippen LogP contribution in [0.4, 0.5) is 16.3 Å². The first-order chi connectivity index (χ1) is 19.7. The van der Waals surface area contributed by atoms with Crippen LogP contribution in [0.3, 0.4) is 0 Å². The molecule has 6 rings (SSSR count). The molecule has 0 aliphatic carbocycles. The van der Waals surface area contributed by atoms with Gasteiger partial charge in [-0.05, 0) is 48.7 Å². The van der Waals surface area contributed by atoms with E-state index in [2.05, 4.69) is 32.3 Å². The number of aryl methyl sites for hydroxylation is 1. The molecule has 0 saturated carbocycles. The van der Waals surface area contributed by atoms with Crippen molar-refractivity contribution in [1.29, 1.82) is 0 Å². The van der Waals surface area contributed by atoms with E-state index in [1.54, 1.807) is 15.1 Å². The Balaban J connectivity index is 1.10. The van der Waals surface area contributed by atoms with Gasteiger partial charge in [0, 0.05) is 82.9 Å². The smallest absolute Gasteiger partial charge is 0.329 e. The van der Waals surface area contributed by atoms with E-state index in [0.29, 0.717) is 49.7 Å². The van der Waals surface area contributed by atoms with Gasteiger partial charge in [0.2, 0.25) is 15.9 Å². The number of carbonyl (C=O) groups is 2. The molecule has 12 nitrogen and oxygen atoms in total. The zero-order chi connectivity index (χ0) is 28.7. The maximum atomic E-state index is 13.2. The fraction of sp³-hybridized carbons (Fsp3) is 0.464. The molecule has 3 saturated heterocycles. The van der Waals surface area contributed by atoms with E-state index in [4.69, 9.17) is 5.73 Å². The molecule has 3 aliphatic rings. The third-order valence-corrected chi connectivity index (χ3v) is 10.2. The van der Waals surface area contributed by atoms with Gasteiger partial charge in [0.05, 0.1) is 10.4 Å². The van der Waals surface area contributed by atoms with Crippen LogP contribution in [0, 0.1) is 0 Å². The molecule has 0 bridgehead atoms. The Kier molecular flexibility index (Phi) is 7.45. The zero-order valence-corrected chi connectivity index (χ0v) is 24.0. The summed E-state index contributed by atoms with van der Waals surface area (Å²) < 4.78 is 29.7. The van der Waals surface area contributed by atoms with Crippen molar-refractivity contribution in [3.05, 3.63) is 48.0 Å². The number of rotatable bonds is 6. The number of piperazine rings is 1. The summed E-state index contributed by atoms with van der Waals surface area (Å²) in [4.78, 5) is 30.5. The Morgan fingerprint density at radius 2 is 1.73 bits per heavy atom. The fourth-order valence-corrected chi connectivity index (χ4v) is 7.42. The number of fused-ring (bicyclic) bond motifs is 1. The van der Waals surface area contributed by atoms with Gasteiger partial charge in [0.1, 0.15) is 0 Å². The monoisotopic (exact) mass is 580 g/mol. The second-order valence-electron chi connectivity index (χ2n) is 11.1. The highest BCUT2D eigenvalue weighted by molar-refractivity contribution is 7.89. The number of imide groups is 1. The topological polar surface area (TPSA) is 137 Å². The van der Waals surface area contributed by atoms with Gasteiger partial charge in [-0.1, -0.05) is 12.1 Å². The first-order valence-corrected chi connectivity index (χ1v) is 15.5. The number of hydrogen-bond donors (Lipinski definition) is 2. The number of hydrogen-bond acceptors (Lipinski definition) is 8. The van der Waals surface area contributed by atoms with Crippen LogP contribution in [0.2, 0.25) is 0 Å². The number of anilines is 2. The quantitative estimate of drug-likeness (QED) is 0.447. The number of piperidine rings is 1. The molecule has 41 heavy (non-hydrogen) atoms. The summed E-state index contributed by atoms with van der Waals surface area (Å²) >= 11 is 0. The molecular weight excluding hydrogens is 544 g/mol. The summed E-state index contributed by atoms with van der Waals surface area (Å²) in [5, 5.41) is 7.81. The number of nitrogens with one attached hydrogen (secondary N) is 1. The molecule has 2 aromatic carbocycles. The standard InChI is InChI=1S/C28H36N8O4S/c1-32-25-18-22(5-6-24(25)27(31-32)36-12-9-26(37)30-28(36)38)34-15-13-33(14-16-34)19-20-3-2-4-23(17-20)41(39,40)35-10-7-21(29)8-11-35/h2-6,17-18,21H,7-16,19,29H2,1H3,(H,30,37,38). The molecule has 1 aromatic heterocycles. The average molecular weight is 581 g/mol. The molecule has 3 N–H and O–H groups in total. The number of urea groups is 1. The lowest BCUT2D eigenvalue weighted by Crippen LogP contribution is -2.49. The van der Waals surface area contributed by atoms with Gasteiger partial charge in [-0.25, -0.2) is 13.2 Å². The highest BCUT2D eigenvalue weighted by atomic mass is 32.2. The van der Waals surface area contributed by atoms with Crippen molar-refractivity contribution < 1.29 is 18.0 Å². The fourth-order valence-electron chi connectivity index (χ4n) is 5.88. The van der Waals surface area contributed by atoms with Gasteiger partial charge in [0.25, 0.3) is 0 Å².